The van der Waals surface area contributed by atoms with E-state index in [0.717, 1.165) is 16.7 Å². The fraction of sp³-hybridized carbons (Fsp3) is 0.267. The van der Waals surface area contributed by atoms with Crippen molar-refractivity contribution in [1.82, 2.24) is 9.97 Å². The van der Waals surface area contributed by atoms with Gasteiger partial charge >= 0.3 is 0 Å². The van der Waals surface area contributed by atoms with Crippen LogP contribution in [-0.2, 0) is 44.6 Å². The van der Waals surface area contributed by atoms with Crippen molar-refractivity contribution in [3.8, 4) is 0 Å². The Morgan fingerprint density at radius 2 is 1.31 bits per heavy atom. The summed E-state index contributed by atoms with van der Waals surface area (Å²) in [6.45, 7) is 0.950. The number of nitrogens with zero attached hydrogens (tertiary/aromatic N) is 2. The van der Waals surface area contributed by atoms with Gasteiger partial charge in [0.15, 0.2) is 5.15 Å². The van der Waals surface area contributed by atoms with Crippen molar-refractivity contribution in [1.29, 1.82) is 0 Å². The molecule has 202 valence electrons. The lowest BCUT2D eigenvalue weighted by Gasteiger charge is -2.30. The minimum absolute atomic E-state index is 0.00880. The van der Waals surface area contributed by atoms with E-state index in [1.54, 1.807) is 0 Å². The molecule has 1 aliphatic heterocycles. The lowest BCUT2D eigenvalue weighted by Crippen LogP contribution is -2.45. The van der Waals surface area contributed by atoms with Crippen LogP contribution in [0.15, 0.2) is 97.2 Å². The number of halogens is 2. The van der Waals surface area contributed by atoms with Crippen LogP contribution >= 0.6 is 23.2 Å². The highest BCUT2D eigenvalue weighted by Crippen LogP contribution is 2.43. The van der Waals surface area contributed by atoms with Crippen molar-refractivity contribution in [2.24, 2.45) is 0 Å². The summed E-state index contributed by atoms with van der Waals surface area (Å²) in [5.41, 5.74) is 2.88. The molecule has 0 saturated carbocycles. The summed E-state index contributed by atoms with van der Waals surface area (Å²) in [5.74, 6) is -2.08. The molecule has 1 fully saturated rings. The van der Waals surface area contributed by atoms with Gasteiger partial charge in [-0.05, 0) is 16.7 Å². The topological polar surface area (TPSA) is 82.9 Å². The maximum Gasteiger partial charge on any atom is 0.243 e. The zero-order valence-corrected chi connectivity index (χ0v) is 22.5. The molecule has 1 unspecified atom stereocenters. The van der Waals surface area contributed by atoms with Crippen molar-refractivity contribution in [3.63, 3.8) is 0 Å². The molecule has 1 N–H and O–H groups in total. The Bertz CT molecular complexity index is 1330. The lowest BCUT2D eigenvalue weighted by atomic mass is 10.0. The molecule has 4 aromatic rings. The average Bonchev–Trinajstić information content (AvgIpc) is 3.23. The van der Waals surface area contributed by atoms with E-state index in [2.05, 4.69) is 9.97 Å². The first-order valence-corrected chi connectivity index (χ1v) is 13.3. The van der Waals surface area contributed by atoms with Crippen LogP contribution in [0.3, 0.4) is 0 Å². The Hall–Kier alpha value is -2.88. The van der Waals surface area contributed by atoms with Gasteiger partial charge in [0.05, 0.1) is 32.6 Å². The van der Waals surface area contributed by atoms with Gasteiger partial charge in [-0.1, -0.05) is 114 Å². The summed E-state index contributed by atoms with van der Waals surface area (Å²) in [7, 11) is 0. The molecule has 39 heavy (non-hydrogen) atoms. The lowest BCUT2D eigenvalue weighted by molar-refractivity contribution is -0.255. The third kappa shape index (κ3) is 6.83. The van der Waals surface area contributed by atoms with Crippen LogP contribution in [0, 0.1) is 0 Å². The van der Waals surface area contributed by atoms with E-state index in [1.807, 2.05) is 91.0 Å². The highest BCUT2D eigenvalue weighted by Gasteiger charge is 2.59. The van der Waals surface area contributed by atoms with E-state index in [9.17, 15) is 5.11 Å². The van der Waals surface area contributed by atoms with Crippen LogP contribution in [0.5, 0.6) is 0 Å². The molecule has 4 atom stereocenters. The quantitative estimate of drug-likeness (QED) is 0.249. The van der Waals surface area contributed by atoms with E-state index < -0.39 is 24.1 Å². The summed E-state index contributed by atoms with van der Waals surface area (Å²) in [4.78, 5) is 8.34. The molecule has 1 aliphatic rings. The van der Waals surface area contributed by atoms with Gasteiger partial charge in [-0.2, -0.15) is 0 Å². The minimum Gasteiger partial charge on any atom is -0.374 e. The number of aliphatic hydroxyl groups is 1. The number of rotatable bonds is 11. The Kier molecular flexibility index (Phi) is 9.21. The zero-order valence-electron chi connectivity index (χ0n) is 21.0. The van der Waals surface area contributed by atoms with Crippen molar-refractivity contribution in [2.75, 3.05) is 6.61 Å². The molecule has 0 bridgehead atoms. The molecule has 1 aromatic heterocycles. The van der Waals surface area contributed by atoms with Crippen LogP contribution in [0.4, 0.5) is 0 Å². The summed E-state index contributed by atoms with van der Waals surface area (Å²) in [6.07, 6.45) is -1.16. The maximum atomic E-state index is 12.0. The van der Waals surface area contributed by atoms with E-state index in [-0.39, 0.29) is 35.8 Å². The van der Waals surface area contributed by atoms with Crippen LogP contribution in [0.2, 0.25) is 10.3 Å². The number of benzene rings is 3. The van der Waals surface area contributed by atoms with Gasteiger partial charge in [0, 0.05) is 0 Å². The van der Waals surface area contributed by atoms with Gasteiger partial charge < -0.3 is 24.1 Å². The molecular formula is C30H28Cl2N2O5. The maximum absolute atomic E-state index is 12.0. The first-order chi connectivity index (χ1) is 19.0. The summed E-state index contributed by atoms with van der Waals surface area (Å²) in [6, 6.07) is 29.2. The van der Waals surface area contributed by atoms with E-state index in [0.29, 0.717) is 6.61 Å². The number of hydrogen-bond acceptors (Lipinski definition) is 7. The SMILES string of the molecule is OC1(c2ncc(Cl)nc2Cl)O[C@H](COCc2ccccc2)[C@@H](OCc2ccccc2)[C@H]1OCc1ccccc1. The normalized spacial score (nSPS) is 22.7. The van der Waals surface area contributed by atoms with Gasteiger partial charge in [0.1, 0.15) is 29.2 Å². The Morgan fingerprint density at radius 3 is 1.87 bits per heavy atom. The van der Waals surface area contributed by atoms with Gasteiger partial charge in [-0.15, -0.1) is 0 Å². The molecule has 5 rings (SSSR count). The number of aromatic nitrogens is 2. The predicted octanol–water partition coefficient (Wildman–Crippen LogP) is 5.71. The monoisotopic (exact) mass is 566 g/mol. The fourth-order valence-electron chi connectivity index (χ4n) is 4.49. The van der Waals surface area contributed by atoms with Gasteiger partial charge in [-0.25, -0.2) is 9.97 Å². The molecule has 2 heterocycles. The van der Waals surface area contributed by atoms with E-state index in [1.165, 1.54) is 6.20 Å². The summed E-state index contributed by atoms with van der Waals surface area (Å²) < 4.78 is 25.0. The first-order valence-electron chi connectivity index (χ1n) is 12.5. The first kappa shape index (κ1) is 27.7. The van der Waals surface area contributed by atoms with Crippen LogP contribution in [0.1, 0.15) is 22.4 Å². The fourth-order valence-corrected chi connectivity index (χ4v) is 4.94. The number of hydrogen-bond donors (Lipinski definition) is 1. The Morgan fingerprint density at radius 1 is 0.769 bits per heavy atom. The number of ether oxygens (including phenoxy) is 4. The second kappa shape index (κ2) is 13.0. The van der Waals surface area contributed by atoms with Crippen molar-refractivity contribution in [2.45, 2.75) is 43.9 Å². The second-order valence-corrected chi connectivity index (χ2v) is 9.91. The van der Waals surface area contributed by atoms with Gasteiger partial charge in [0.25, 0.3) is 0 Å². The Labute approximate surface area is 237 Å². The standard InChI is InChI=1S/C30H28Cl2N2O5/c31-25-16-33-27(29(32)34-25)30(35)28(38-19-23-14-8-3-9-15-23)26(37-18-22-12-6-2-7-13-22)24(39-30)20-36-17-21-10-4-1-5-11-21/h1-16,24,26,28,35H,17-20H2/t24-,26-,28-,30?/m1/s1. The largest absolute Gasteiger partial charge is 0.374 e. The smallest absolute Gasteiger partial charge is 0.243 e. The Balaban J connectivity index is 1.44. The van der Waals surface area contributed by atoms with Gasteiger partial charge in [0.2, 0.25) is 5.79 Å². The molecule has 7 nitrogen and oxygen atoms in total. The highest BCUT2D eigenvalue weighted by molar-refractivity contribution is 6.32. The van der Waals surface area contributed by atoms with Gasteiger partial charge in [-0.3, -0.25) is 0 Å². The third-order valence-electron chi connectivity index (χ3n) is 6.37. The third-order valence-corrected chi connectivity index (χ3v) is 6.82. The van der Waals surface area contributed by atoms with Crippen molar-refractivity contribution in [3.05, 3.63) is 130 Å². The van der Waals surface area contributed by atoms with E-state index in [4.69, 9.17) is 42.1 Å². The van der Waals surface area contributed by atoms with Crippen LogP contribution in [0.25, 0.3) is 0 Å². The second-order valence-electron chi connectivity index (χ2n) is 9.16. The molecule has 0 spiro atoms. The molecule has 1 saturated heterocycles. The molecular weight excluding hydrogens is 539 g/mol. The molecule has 3 aromatic carbocycles. The zero-order chi connectivity index (χ0) is 27.1. The minimum atomic E-state index is -2.08. The summed E-state index contributed by atoms with van der Waals surface area (Å²) >= 11 is 12.4. The summed E-state index contributed by atoms with van der Waals surface area (Å²) in [5, 5.41) is 12.0. The molecule has 9 heteroatoms. The molecule has 0 amide bonds. The van der Waals surface area contributed by atoms with Crippen molar-refractivity contribution >= 4 is 23.2 Å². The average molecular weight is 567 g/mol. The van der Waals surface area contributed by atoms with Crippen LogP contribution in [-0.4, -0.2) is 40.0 Å². The molecule has 0 radical (unpaired) electrons. The molecule has 0 aliphatic carbocycles. The predicted molar refractivity (Wildman–Crippen MR) is 147 cm³/mol. The van der Waals surface area contributed by atoms with Crippen molar-refractivity contribution < 1.29 is 24.1 Å². The van der Waals surface area contributed by atoms with E-state index >= 15 is 0 Å². The van der Waals surface area contributed by atoms with Crippen LogP contribution < -0.4 is 0 Å². The highest BCUT2D eigenvalue weighted by atomic mass is 35.5.